The third-order valence-electron chi connectivity index (χ3n) is 7.27. The van der Waals surface area contributed by atoms with Gasteiger partial charge in [-0.05, 0) is 60.8 Å². The number of nitrogens with zero attached hydrogens (tertiary/aromatic N) is 2. The van der Waals surface area contributed by atoms with Crippen molar-refractivity contribution in [3.63, 3.8) is 0 Å². The van der Waals surface area contributed by atoms with E-state index < -0.39 is 0 Å². The number of likely N-dealkylation sites (N-methyl/N-ethyl adjacent to an activating group) is 1. The van der Waals surface area contributed by atoms with E-state index in [1.165, 1.54) is 44.1 Å². The van der Waals surface area contributed by atoms with Crippen LogP contribution in [0.1, 0.15) is 64.9 Å². The van der Waals surface area contributed by atoms with Gasteiger partial charge >= 0.3 is 0 Å². The number of hydrogen-bond acceptors (Lipinski definition) is 3. The van der Waals surface area contributed by atoms with Gasteiger partial charge in [0.2, 0.25) is 0 Å². The van der Waals surface area contributed by atoms with Crippen LogP contribution in [0.5, 0.6) is 5.75 Å². The van der Waals surface area contributed by atoms with Crippen LogP contribution in [0.25, 0.3) is 5.57 Å². The molecule has 1 fully saturated rings. The predicted octanol–water partition coefficient (Wildman–Crippen LogP) is 5.87. The maximum Gasteiger partial charge on any atom is 0.118 e. The Balaban J connectivity index is 2.02. The molecule has 1 aliphatic carbocycles. The topological polar surface area (TPSA) is 15.7 Å². The highest BCUT2D eigenvalue weighted by Gasteiger charge is 2.40. The van der Waals surface area contributed by atoms with Crippen molar-refractivity contribution in [3.8, 4) is 5.75 Å². The smallest absolute Gasteiger partial charge is 0.118 e. The molecule has 152 valence electrons. The fraction of sp³-hybridized carbons (Fsp3) is 0.667. The lowest BCUT2D eigenvalue weighted by Crippen LogP contribution is -2.53. The zero-order valence-corrected chi connectivity index (χ0v) is 18.4. The number of methoxy groups -OCH3 is 1. The molecule has 0 amide bonds. The summed E-state index contributed by atoms with van der Waals surface area (Å²) >= 11 is 0. The molecule has 1 saturated carbocycles. The zero-order valence-electron chi connectivity index (χ0n) is 18.4. The molecule has 3 nitrogen and oxygen atoms in total. The molecule has 27 heavy (non-hydrogen) atoms. The van der Waals surface area contributed by atoms with E-state index in [1.807, 2.05) is 12.1 Å². The lowest BCUT2D eigenvalue weighted by atomic mass is 9.64. The first kappa shape index (κ1) is 22.0. The molecule has 0 aliphatic heterocycles. The number of hydrogen-bond donors (Lipinski definition) is 0. The molecule has 2 rings (SSSR count). The van der Waals surface area contributed by atoms with E-state index in [1.54, 1.807) is 7.11 Å². The van der Waals surface area contributed by atoms with Crippen LogP contribution < -0.4 is 4.74 Å². The Labute approximate surface area is 167 Å². The predicted molar refractivity (Wildman–Crippen MR) is 117 cm³/mol. The SMILES string of the molecule is C=C(CN(C)N(C)C(C)C(C)(CC)C1CCCCC1)c1ccc(OC)cc1. The normalized spacial score (nSPS) is 19.1. The molecule has 0 bridgehead atoms. The van der Waals surface area contributed by atoms with Crippen molar-refractivity contribution in [1.82, 2.24) is 10.0 Å². The Morgan fingerprint density at radius 2 is 1.78 bits per heavy atom. The molecule has 0 saturated heterocycles. The van der Waals surface area contributed by atoms with E-state index in [-0.39, 0.29) is 0 Å². The van der Waals surface area contributed by atoms with Gasteiger partial charge in [0.05, 0.1) is 7.11 Å². The summed E-state index contributed by atoms with van der Waals surface area (Å²) in [6, 6.07) is 8.70. The van der Waals surface area contributed by atoms with Crippen LogP contribution in [0.15, 0.2) is 30.8 Å². The van der Waals surface area contributed by atoms with Crippen LogP contribution in [0, 0.1) is 11.3 Å². The average molecular weight is 373 g/mol. The Hall–Kier alpha value is -1.32. The quantitative estimate of drug-likeness (QED) is 0.504. The highest BCUT2D eigenvalue weighted by atomic mass is 16.5. The van der Waals surface area contributed by atoms with Crippen LogP contribution in [-0.2, 0) is 0 Å². The van der Waals surface area contributed by atoms with Crippen LogP contribution in [0.2, 0.25) is 0 Å². The minimum atomic E-state index is 0.352. The second kappa shape index (κ2) is 9.75. The van der Waals surface area contributed by atoms with Gasteiger partial charge in [-0.2, -0.15) is 0 Å². The van der Waals surface area contributed by atoms with Gasteiger partial charge in [-0.3, -0.25) is 0 Å². The molecule has 3 heteroatoms. The second-order valence-corrected chi connectivity index (χ2v) is 8.59. The number of ether oxygens (including phenoxy) is 1. The molecule has 1 aromatic carbocycles. The van der Waals surface area contributed by atoms with E-state index in [0.717, 1.165) is 23.8 Å². The average Bonchev–Trinajstić information content (AvgIpc) is 2.72. The highest BCUT2D eigenvalue weighted by molar-refractivity contribution is 5.65. The van der Waals surface area contributed by atoms with E-state index in [9.17, 15) is 0 Å². The van der Waals surface area contributed by atoms with Gasteiger partial charge in [0.25, 0.3) is 0 Å². The summed E-state index contributed by atoms with van der Waals surface area (Å²) in [5, 5.41) is 4.76. The summed E-state index contributed by atoms with van der Waals surface area (Å²) in [4.78, 5) is 0. The molecular weight excluding hydrogens is 332 g/mol. The maximum absolute atomic E-state index is 5.26. The lowest BCUT2D eigenvalue weighted by molar-refractivity contribution is -0.0725. The summed E-state index contributed by atoms with van der Waals surface area (Å²) in [6.07, 6.45) is 8.25. The largest absolute Gasteiger partial charge is 0.497 e. The minimum Gasteiger partial charge on any atom is -0.497 e. The highest BCUT2D eigenvalue weighted by Crippen LogP contribution is 2.44. The Morgan fingerprint density at radius 1 is 1.19 bits per heavy atom. The van der Waals surface area contributed by atoms with Gasteiger partial charge in [0.1, 0.15) is 5.75 Å². The number of hydrazine groups is 1. The van der Waals surface area contributed by atoms with E-state index in [4.69, 9.17) is 4.74 Å². The van der Waals surface area contributed by atoms with Crippen molar-refractivity contribution in [2.75, 3.05) is 27.7 Å². The Morgan fingerprint density at radius 3 is 2.30 bits per heavy atom. The molecule has 2 unspecified atom stereocenters. The maximum atomic E-state index is 5.26. The van der Waals surface area contributed by atoms with Crippen molar-refractivity contribution in [2.45, 2.75) is 65.3 Å². The van der Waals surface area contributed by atoms with Crippen LogP contribution in [0.3, 0.4) is 0 Å². The van der Waals surface area contributed by atoms with E-state index in [2.05, 4.69) is 63.6 Å². The van der Waals surface area contributed by atoms with Gasteiger partial charge in [0.15, 0.2) is 0 Å². The summed E-state index contributed by atoms with van der Waals surface area (Å²) < 4.78 is 5.26. The lowest BCUT2D eigenvalue weighted by Gasteiger charge is -2.49. The molecule has 0 N–H and O–H groups in total. The van der Waals surface area contributed by atoms with Gasteiger partial charge in [-0.1, -0.05) is 51.8 Å². The second-order valence-electron chi connectivity index (χ2n) is 8.59. The van der Waals surface area contributed by atoms with Gasteiger partial charge in [0, 0.05) is 26.7 Å². The van der Waals surface area contributed by atoms with Crippen molar-refractivity contribution in [2.24, 2.45) is 11.3 Å². The number of rotatable bonds is 9. The summed E-state index contributed by atoms with van der Waals surface area (Å²) in [6.45, 7) is 12.4. The van der Waals surface area contributed by atoms with Crippen molar-refractivity contribution < 1.29 is 4.74 Å². The fourth-order valence-corrected chi connectivity index (χ4v) is 4.72. The zero-order chi connectivity index (χ0) is 20.0. The molecule has 0 aromatic heterocycles. The summed E-state index contributed by atoms with van der Waals surface area (Å²) in [7, 11) is 6.12. The van der Waals surface area contributed by atoms with Gasteiger partial charge in [-0.25, -0.2) is 10.0 Å². The van der Waals surface area contributed by atoms with E-state index >= 15 is 0 Å². The van der Waals surface area contributed by atoms with Crippen molar-refractivity contribution in [1.29, 1.82) is 0 Å². The van der Waals surface area contributed by atoms with Gasteiger partial charge in [-0.15, -0.1) is 0 Å². The monoisotopic (exact) mass is 372 g/mol. The minimum absolute atomic E-state index is 0.352. The third-order valence-corrected chi connectivity index (χ3v) is 7.27. The number of benzene rings is 1. The van der Waals surface area contributed by atoms with Gasteiger partial charge < -0.3 is 4.74 Å². The first-order chi connectivity index (χ1) is 12.8. The Bertz CT molecular complexity index is 591. The molecule has 0 spiro atoms. The van der Waals surface area contributed by atoms with Crippen LogP contribution in [-0.4, -0.2) is 43.8 Å². The molecule has 1 aromatic rings. The first-order valence-corrected chi connectivity index (χ1v) is 10.6. The fourth-order valence-electron chi connectivity index (χ4n) is 4.72. The first-order valence-electron chi connectivity index (χ1n) is 10.6. The molecule has 1 aliphatic rings. The van der Waals surface area contributed by atoms with Crippen LogP contribution in [0.4, 0.5) is 0 Å². The summed E-state index contributed by atoms with van der Waals surface area (Å²) in [5.74, 6) is 1.73. The molecular formula is C24H40N2O. The van der Waals surface area contributed by atoms with Crippen molar-refractivity contribution >= 4 is 5.57 Å². The van der Waals surface area contributed by atoms with E-state index in [0.29, 0.717) is 11.5 Å². The standard InChI is InChI=1S/C24H40N2O/c1-8-24(4,22-12-10-9-11-13-22)20(3)26(6)25(5)18-19(2)21-14-16-23(27-7)17-15-21/h14-17,20,22H,2,8-13,18H2,1,3-7H3. The Kier molecular flexibility index (Phi) is 7.93. The third kappa shape index (κ3) is 5.14. The molecule has 0 radical (unpaired) electrons. The summed E-state index contributed by atoms with van der Waals surface area (Å²) in [5.41, 5.74) is 2.66. The van der Waals surface area contributed by atoms with Crippen molar-refractivity contribution in [3.05, 3.63) is 36.4 Å². The molecule has 0 heterocycles. The van der Waals surface area contributed by atoms with Crippen LogP contribution >= 0.6 is 0 Å². The molecule has 2 atom stereocenters.